The third-order valence-electron chi connectivity index (χ3n) is 2.18. The van der Waals surface area contributed by atoms with Gasteiger partial charge in [0.25, 0.3) is 5.56 Å². The number of nitrogens with zero attached hydrogens (tertiary/aromatic N) is 2. The minimum absolute atomic E-state index is 0.169. The molecule has 1 aromatic carbocycles. The fourth-order valence-corrected chi connectivity index (χ4v) is 1.57. The van der Waals surface area contributed by atoms with Gasteiger partial charge in [0.15, 0.2) is 0 Å². The molecule has 0 aliphatic rings. The molecule has 2 N–H and O–H groups in total. The topological polar surface area (TPSA) is 60.9 Å². The molecule has 0 saturated carbocycles. The molecule has 1 unspecified atom stereocenters. The number of fused-ring (bicyclic) bond motifs is 1. The normalized spacial score (nSPS) is 13.0. The van der Waals surface area contributed by atoms with Crippen molar-refractivity contribution in [1.29, 1.82) is 0 Å². The van der Waals surface area contributed by atoms with Crippen LogP contribution in [-0.2, 0) is 0 Å². The Bertz CT molecular complexity index is 562. The number of hydrogen-bond acceptors (Lipinski definition) is 3. The number of hydrogen-bond donors (Lipinski definition) is 1. The first-order valence-corrected chi connectivity index (χ1v) is 4.89. The molecule has 0 saturated heterocycles. The van der Waals surface area contributed by atoms with Crippen LogP contribution in [0.3, 0.4) is 0 Å². The van der Waals surface area contributed by atoms with Gasteiger partial charge in [-0.2, -0.15) is 0 Å². The van der Waals surface area contributed by atoms with E-state index in [1.54, 1.807) is 25.1 Å². The lowest BCUT2D eigenvalue weighted by Crippen LogP contribution is -2.28. The van der Waals surface area contributed by atoms with Crippen molar-refractivity contribution >= 4 is 22.5 Å². The second-order valence-electron chi connectivity index (χ2n) is 3.36. The van der Waals surface area contributed by atoms with Gasteiger partial charge in [-0.15, -0.1) is 0 Å². The Balaban J connectivity index is 2.83. The van der Waals surface area contributed by atoms with Crippen LogP contribution in [0.2, 0.25) is 5.02 Å². The molecule has 15 heavy (non-hydrogen) atoms. The van der Waals surface area contributed by atoms with Crippen LogP contribution < -0.4 is 11.3 Å². The van der Waals surface area contributed by atoms with Gasteiger partial charge >= 0.3 is 0 Å². The Morgan fingerprint density at radius 3 is 2.93 bits per heavy atom. The smallest absolute Gasteiger partial charge is 0.262 e. The SMILES string of the molecule is CC(N)n1cnc2ccc(Cl)cc2c1=O. The minimum Gasteiger partial charge on any atom is -0.311 e. The zero-order chi connectivity index (χ0) is 11.0. The van der Waals surface area contributed by atoms with Crippen LogP contribution in [0.1, 0.15) is 13.1 Å². The molecule has 0 aliphatic carbocycles. The fraction of sp³-hybridized carbons (Fsp3) is 0.200. The first kappa shape index (κ1) is 10.1. The van der Waals surface area contributed by atoms with Crippen LogP contribution in [0.4, 0.5) is 0 Å². The largest absolute Gasteiger partial charge is 0.311 e. The van der Waals surface area contributed by atoms with E-state index >= 15 is 0 Å². The average Bonchev–Trinajstić information content (AvgIpc) is 2.19. The number of halogens is 1. The predicted octanol–water partition coefficient (Wildman–Crippen LogP) is 1.53. The van der Waals surface area contributed by atoms with Crippen LogP contribution >= 0.6 is 11.6 Å². The summed E-state index contributed by atoms with van der Waals surface area (Å²) < 4.78 is 1.37. The molecule has 0 fully saturated rings. The van der Waals surface area contributed by atoms with E-state index in [1.165, 1.54) is 10.9 Å². The molecule has 2 rings (SSSR count). The third kappa shape index (κ3) is 1.73. The molecule has 78 valence electrons. The number of benzene rings is 1. The first-order valence-electron chi connectivity index (χ1n) is 4.51. The monoisotopic (exact) mass is 223 g/mol. The molecule has 0 aliphatic heterocycles. The Hall–Kier alpha value is -1.39. The van der Waals surface area contributed by atoms with Crippen LogP contribution in [0.15, 0.2) is 29.3 Å². The van der Waals surface area contributed by atoms with E-state index in [0.29, 0.717) is 15.9 Å². The van der Waals surface area contributed by atoms with Gasteiger partial charge in [0.05, 0.1) is 23.4 Å². The maximum Gasteiger partial charge on any atom is 0.262 e. The maximum absolute atomic E-state index is 11.9. The highest BCUT2D eigenvalue weighted by atomic mass is 35.5. The van der Waals surface area contributed by atoms with Gasteiger partial charge < -0.3 is 5.73 Å². The summed E-state index contributed by atoms with van der Waals surface area (Å²) >= 11 is 5.82. The van der Waals surface area contributed by atoms with Gasteiger partial charge in [0.2, 0.25) is 0 Å². The third-order valence-corrected chi connectivity index (χ3v) is 2.42. The standard InChI is InChI=1S/C10H10ClN3O/c1-6(12)14-5-13-9-3-2-7(11)4-8(9)10(14)15/h2-6H,12H2,1H3. The van der Waals surface area contributed by atoms with Gasteiger partial charge in [-0.3, -0.25) is 9.36 Å². The highest BCUT2D eigenvalue weighted by Gasteiger charge is 2.06. The lowest BCUT2D eigenvalue weighted by atomic mass is 10.2. The van der Waals surface area contributed by atoms with Crippen molar-refractivity contribution < 1.29 is 0 Å². The first-order chi connectivity index (χ1) is 7.09. The molecule has 0 bridgehead atoms. The average molecular weight is 224 g/mol. The van der Waals surface area contributed by atoms with Crippen LogP contribution in [0.25, 0.3) is 10.9 Å². The van der Waals surface area contributed by atoms with E-state index in [1.807, 2.05) is 0 Å². The Morgan fingerprint density at radius 2 is 2.27 bits per heavy atom. The van der Waals surface area contributed by atoms with E-state index in [-0.39, 0.29) is 5.56 Å². The molecule has 4 nitrogen and oxygen atoms in total. The van der Waals surface area contributed by atoms with Crippen molar-refractivity contribution in [2.24, 2.45) is 5.73 Å². The number of aromatic nitrogens is 2. The van der Waals surface area contributed by atoms with Crippen LogP contribution in [-0.4, -0.2) is 9.55 Å². The van der Waals surface area contributed by atoms with Gasteiger partial charge in [-0.1, -0.05) is 11.6 Å². The minimum atomic E-state index is -0.395. The van der Waals surface area contributed by atoms with Crippen molar-refractivity contribution in [3.63, 3.8) is 0 Å². The molecule has 2 aromatic rings. The van der Waals surface area contributed by atoms with Gasteiger partial charge in [0.1, 0.15) is 0 Å². The van der Waals surface area contributed by atoms with E-state index in [0.717, 1.165) is 0 Å². The van der Waals surface area contributed by atoms with Gasteiger partial charge in [-0.05, 0) is 25.1 Å². The predicted molar refractivity (Wildman–Crippen MR) is 59.9 cm³/mol. The van der Waals surface area contributed by atoms with Crippen LogP contribution in [0.5, 0.6) is 0 Å². The molecular weight excluding hydrogens is 214 g/mol. The second-order valence-corrected chi connectivity index (χ2v) is 3.80. The lowest BCUT2D eigenvalue weighted by molar-refractivity contribution is 0.547. The van der Waals surface area contributed by atoms with Crippen molar-refractivity contribution in [3.05, 3.63) is 39.9 Å². The quantitative estimate of drug-likeness (QED) is 0.798. The second kappa shape index (κ2) is 3.64. The molecule has 1 atom stereocenters. The number of rotatable bonds is 1. The van der Waals surface area contributed by atoms with E-state index in [9.17, 15) is 4.79 Å². The molecule has 1 heterocycles. The van der Waals surface area contributed by atoms with E-state index in [4.69, 9.17) is 17.3 Å². The molecule has 1 aromatic heterocycles. The van der Waals surface area contributed by atoms with Crippen LogP contribution in [0, 0.1) is 0 Å². The zero-order valence-corrected chi connectivity index (χ0v) is 8.90. The fourth-order valence-electron chi connectivity index (χ4n) is 1.40. The molecular formula is C10H10ClN3O. The van der Waals surface area contributed by atoms with E-state index in [2.05, 4.69) is 4.98 Å². The molecule has 0 amide bonds. The highest BCUT2D eigenvalue weighted by Crippen LogP contribution is 2.14. The summed E-state index contributed by atoms with van der Waals surface area (Å²) in [6.07, 6.45) is 1.05. The molecule has 0 radical (unpaired) electrons. The highest BCUT2D eigenvalue weighted by molar-refractivity contribution is 6.31. The maximum atomic E-state index is 11.9. The number of nitrogens with two attached hydrogens (primary N) is 1. The van der Waals surface area contributed by atoms with E-state index < -0.39 is 6.17 Å². The summed E-state index contributed by atoms with van der Waals surface area (Å²) in [7, 11) is 0. The summed E-state index contributed by atoms with van der Waals surface area (Å²) in [6, 6.07) is 5.02. The summed E-state index contributed by atoms with van der Waals surface area (Å²) in [5, 5.41) is 1.01. The molecule has 5 heteroatoms. The van der Waals surface area contributed by atoms with Gasteiger partial charge in [-0.25, -0.2) is 4.98 Å². The Morgan fingerprint density at radius 1 is 1.53 bits per heavy atom. The summed E-state index contributed by atoms with van der Waals surface area (Å²) in [4.78, 5) is 16.0. The Labute approximate surface area is 91.3 Å². The van der Waals surface area contributed by atoms with Crippen molar-refractivity contribution in [3.8, 4) is 0 Å². The van der Waals surface area contributed by atoms with Crippen molar-refractivity contribution in [2.75, 3.05) is 0 Å². The van der Waals surface area contributed by atoms with Gasteiger partial charge in [0, 0.05) is 5.02 Å². The van der Waals surface area contributed by atoms with Crippen molar-refractivity contribution in [2.45, 2.75) is 13.1 Å². The summed E-state index contributed by atoms with van der Waals surface area (Å²) in [5.74, 6) is 0. The molecule has 0 spiro atoms. The zero-order valence-electron chi connectivity index (χ0n) is 8.14. The Kier molecular flexibility index (Phi) is 2.46. The summed E-state index contributed by atoms with van der Waals surface area (Å²) in [5.41, 5.74) is 6.09. The lowest BCUT2D eigenvalue weighted by Gasteiger charge is -2.09. The summed E-state index contributed by atoms with van der Waals surface area (Å²) in [6.45, 7) is 1.72. The van der Waals surface area contributed by atoms with Crippen molar-refractivity contribution in [1.82, 2.24) is 9.55 Å².